The van der Waals surface area contributed by atoms with Crippen LogP contribution in [0.25, 0.3) is 10.9 Å². The molecule has 1 aromatic carbocycles. The Bertz CT molecular complexity index is 1010. The molecule has 2 aromatic heterocycles. The minimum Gasteiger partial charge on any atom is -0.361 e. The maximum atomic E-state index is 6.15. The van der Waals surface area contributed by atoms with Gasteiger partial charge in [0.25, 0.3) is 0 Å². The fraction of sp³-hybridized carbons (Fsp3) is 0.455. The molecule has 0 amide bonds. The third-order valence-electron chi connectivity index (χ3n) is 5.28. The molecule has 0 saturated heterocycles. The van der Waals surface area contributed by atoms with Gasteiger partial charge in [0.05, 0.1) is 5.69 Å². The van der Waals surface area contributed by atoms with E-state index < -0.39 is 0 Å². The summed E-state index contributed by atoms with van der Waals surface area (Å²) in [6.07, 6.45) is 3.82. The molecule has 1 atom stereocenters. The Balaban J connectivity index is 0.00000320. The van der Waals surface area contributed by atoms with Gasteiger partial charge < -0.3 is 15.6 Å². The fourth-order valence-corrected chi connectivity index (χ4v) is 3.84. The van der Waals surface area contributed by atoms with Crippen LogP contribution in [0.5, 0.6) is 0 Å². The Morgan fingerprint density at radius 2 is 2.10 bits per heavy atom. The van der Waals surface area contributed by atoms with Crippen LogP contribution in [-0.2, 0) is 19.9 Å². The van der Waals surface area contributed by atoms with Gasteiger partial charge in [0.15, 0.2) is 5.96 Å². The highest BCUT2D eigenvalue weighted by molar-refractivity contribution is 14.0. The summed E-state index contributed by atoms with van der Waals surface area (Å²) in [5, 5.41) is 13.3. The van der Waals surface area contributed by atoms with E-state index in [0.29, 0.717) is 6.54 Å². The van der Waals surface area contributed by atoms with E-state index in [0.717, 1.165) is 41.6 Å². The molecular weight excluding hydrogens is 511 g/mol. The number of fused-ring (bicyclic) bond motifs is 1. The first kappa shape index (κ1) is 24.5. The van der Waals surface area contributed by atoms with E-state index in [1.807, 2.05) is 36.1 Å². The number of hydrogen-bond donors (Lipinski definition) is 3. The first-order valence-corrected chi connectivity index (χ1v) is 10.6. The minimum atomic E-state index is 0. The number of aromatic nitrogens is 3. The van der Waals surface area contributed by atoms with Crippen molar-refractivity contribution in [1.29, 1.82) is 0 Å². The van der Waals surface area contributed by atoms with Crippen LogP contribution in [0.15, 0.2) is 29.4 Å². The Morgan fingerprint density at radius 3 is 2.77 bits per heavy atom. The fourth-order valence-electron chi connectivity index (χ4n) is 3.67. The summed E-state index contributed by atoms with van der Waals surface area (Å²) in [6.45, 7) is 9.98. The molecule has 0 spiro atoms. The molecule has 0 aliphatic rings. The van der Waals surface area contributed by atoms with Crippen molar-refractivity contribution in [3.8, 4) is 0 Å². The Morgan fingerprint density at radius 1 is 1.33 bits per heavy atom. The van der Waals surface area contributed by atoms with E-state index in [2.05, 4.69) is 48.4 Å². The zero-order valence-electron chi connectivity index (χ0n) is 18.3. The second-order valence-corrected chi connectivity index (χ2v) is 7.97. The highest BCUT2D eigenvalue weighted by Gasteiger charge is 2.14. The molecule has 8 heteroatoms. The summed E-state index contributed by atoms with van der Waals surface area (Å²) in [6, 6.07) is 6.18. The molecule has 3 aromatic rings. The van der Waals surface area contributed by atoms with E-state index in [9.17, 15) is 0 Å². The van der Waals surface area contributed by atoms with Gasteiger partial charge in [0.2, 0.25) is 0 Å². The standard InChI is InChI=1S/C22H31ClN6.HI/c1-6-24-22(27-14(2)11-19-15(3)28-29(5)16(19)4)25-10-9-17-13-26-21-8-7-18(23)12-20(17)21;/h7-8,12-14,26H,6,9-11H2,1-5H3,(H2,24,25,27);1H. The Hall–Kier alpha value is -1.74. The van der Waals surface area contributed by atoms with Gasteiger partial charge in [-0.25, -0.2) is 0 Å². The lowest BCUT2D eigenvalue weighted by molar-refractivity contribution is 0.636. The van der Waals surface area contributed by atoms with Gasteiger partial charge in [-0.2, -0.15) is 5.10 Å². The molecule has 0 radical (unpaired) electrons. The first-order chi connectivity index (χ1) is 13.9. The summed E-state index contributed by atoms with van der Waals surface area (Å²) in [7, 11) is 1.99. The molecule has 0 aliphatic heterocycles. The van der Waals surface area contributed by atoms with Crippen LogP contribution in [0.3, 0.4) is 0 Å². The number of guanidine groups is 1. The molecule has 2 heterocycles. The molecule has 0 fully saturated rings. The third kappa shape index (κ3) is 5.91. The number of aromatic amines is 1. The number of nitrogens with zero attached hydrogens (tertiary/aromatic N) is 3. The lowest BCUT2D eigenvalue weighted by atomic mass is 10.1. The molecular formula is C22H32ClIN6. The number of H-pyrrole nitrogens is 1. The summed E-state index contributed by atoms with van der Waals surface area (Å²) in [5.41, 5.74) is 5.96. The zero-order valence-corrected chi connectivity index (χ0v) is 21.4. The normalized spacial score (nSPS) is 12.7. The van der Waals surface area contributed by atoms with Crippen molar-refractivity contribution in [1.82, 2.24) is 25.4 Å². The lowest BCUT2D eigenvalue weighted by Gasteiger charge is -2.18. The van der Waals surface area contributed by atoms with E-state index in [1.165, 1.54) is 22.2 Å². The van der Waals surface area contributed by atoms with Crippen molar-refractivity contribution in [3.63, 3.8) is 0 Å². The smallest absolute Gasteiger partial charge is 0.191 e. The average Bonchev–Trinajstić information content (AvgIpc) is 3.17. The number of halogens is 2. The number of nitrogens with one attached hydrogen (secondary N) is 3. The number of hydrogen-bond acceptors (Lipinski definition) is 2. The number of aliphatic imine (C=N–C) groups is 1. The molecule has 164 valence electrons. The number of aryl methyl sites for hydroxylation is 2. The third-order valence-corrected chi connectivity index (χ3v) is 5.51. The topological polar surface area (TPSA) is 70.0 Å². The number of benzene rings is 1. The second-order valence-electron chi connectivity index (χ2n) is 7.54. The molecule has 0 saturated carbocycles. The van der Waals surface area contributed by atoms with Gasteiger partial charge in [-0.15, -0.1) is 24.0 Å². The lowest BCUT2D eigenvalue weighted by Crippen LogP contribution is -2.43. The minimum absolute atomic E-state index is 0. The predicted molar refractivity (Wildman–Crippen MR) is 137 cm³/mol. The summed E-state index contributed by atoms with van der Waals surface area (Å²) >= 11 is 6.15. The summed E-state index contributed by atoms with van der Waals surface area (Å²) < 4.78 is 1.95. The SMILES string of the molecule is CCNC(=NCCc1c[nH]c2ccc(Cl)cc12)NC(C)Cc1c(C)nn(C)c1C.I. The molecule has 0 bridgehead atoms. The monoisotopic (exact) mass is 542 g/mol. The van der Waals surface area contributed by atoms with E-state index >= 15 is 0 Å². The van der Waals surface area contributed by atoms with Crippen LogP contribution in [0.2, 0.25) is 5.02 Å². The molecule has 6 nitrogen and oxygen atoms in total. The van der Waals surface area contributed by atoms with Crippen molar-refractivity contribution < 1.29 is 0 Å². The van der Waals surface area contributed by atoms with Crippen LogP contribution in [-0.4, -0.2) is 39.9 Å². The van der Waals surface area contributed by atoms with Crippen molar-refractivity contribution in [3.05, 3.63) is 51.9 Å². The largest absolute Gasteiger partial charge is 0.361 e. The number of rotatable bonds is 7. The second kappa shape index (κ2) is 11.0. The van der Waals surface area contributed by atoms with Crippen LogP contribution in [0.4, 0.5) is 0 Å². The van der Waals surface area contributed by atoms with Gasteiger partial charge in [0.1, 0.15) is 0 Å². The predicted octanol–water partition coefficient (Wildman–Crippen LogP) is 4.52. The van der Waals surface area contributed by atoms with E-state index in [4.69, 9.17) is 16.6 Å². The maximum absolute atomic E-state index is 6.15. The molecule has 1 unspecified atom stereocenters. The summed E-state index contributed by atoms with van der Waals surface area (Å²) in [4.78, 5) is 8.08. The molecule has 30 heavy (non-hydrogen) atoms. The summed E-state index contributed by atoms with van der Waals surface area (Å²) in [5.74, 6) is 0.845. The quantitative estimate of drug-likeness (QED) is 0.234. The maximum Gasteiger partial charge on any atom is 0.191 e. The van der Waals surface area contributed by atoms with Crippen molar-refractivity contribution in [2.24, 2.45) is 12.0 Å². The Labute approximate surface area is 200 Å². The van der Waals surface area contributed by atoms with Crippen LogP contribution >= 0.6 is 35.6 Å². The van der Waals surface area contributed by atoms with Gasteiger partial charge in [-0.1, -0.05) is 11.6 Å². The highest BCUT2D eigenvalue weighted by atomic mass is 127. The van der Waals surface area contributed by atoms with Gasteiger partial charge in [-0.05, 0) is 69.9 Å². The van der Waals surface area contributed by atoms with Gasteiger partial charge in [0, 0.05) is 54.0 Å². The Kier molecular flexibility index (Phi) is 9.03. The zero-order chi connectivity index (χ0) is 21.0. The van der Waals surface area contributed by atoms with Gasteiger partial charge >= 0.3 is 0 Å². The molecule has 3 rings (SSSR count). The molecule has 0 aliphatic carbocycles. The highest BCUT2D eigenvalue weighted by Crippen LogP contribution is 2.22. The first-order valence-electron chi connectivity index (χ1n) is 10.2. The van der Waals surface area contributed by atoms with Crippen LogP contribution in [0.1, 0.15) is 36.4 Å². The van der Waals surface area contributed by atoms with Crippen LogP contribution in [0, 0.1) is 13.8 Å². The van der Waals surface area contributed by atoms with Crippen LogP contribution < -0.4 is 10.6 Å². The van der Waals surface area contributed by atoms with Crippen molar-refractivity contribution in [2.75, 3.05) is 13.1 Å². The average molecular weight is 543 g/mol. The van der Waals surface area contributed by atoms with Gasteiger partial charge in [-0.3, -0.25) is 9.67 Å². The van der Waals surface area contributed by atoms with E-state index in [1.54, 1.807) is 0 Å². The van der Waals surface area contributed by atoms with Crippen molar-refractivity contribution in [2.45, 2.75) is 46.6 Å². The van der Waals surface area contributed by atoms with E-state index in [-0.39, 0.29) is 30.0 Å². The van der Waals surface area contributed by atoms with Crippen molar-refractivity contribution >= 4 is 52.4 Å². The molecule has 3 N–H and O–H groups in total.